The standard InChI is InChI=1S/C23H28ClN7O/c1-16-15-31(17(2)14-30(16)19-7-8-21(25-3)20(24)11-19)23(32)28-18-12-26-22(27-13-18)29-9-5-4-6-10-29/h7-8,11-13,16-17H,4-6,9-10,14-15H2,1-2H3,(H,28,32)/t16-,17+/m0/s1. The van der Waals surface area contributed by atoms with Crippen LogP contribution in [-0.2, 0) is 0 Å². The Bertz CT molecular complexity index is 1000. The van der Waals surface area contributed by atoms with Crippen LogP contribution in [-0.4, -0.2) is 59.2 Å². The Morgan fingerprint density at radius 3 is 2.50 bits per heavy atom. The third kappa shape index (κ3) is 4.73. The number of piperazine rings is 1. The zero-order valence-corrected chi connectivity index (χ0v) is 19.2. The van der Waals surface area contributed by atoms with Gasteiger partial charge in [0.1, 0.15) is 0 Å². The summed E-state index contributed by atoms with van der Waals surface area (Å²) in [6, 6.07) is 5.44. The molecule has 8 nitrogen and oxygen atoms in total. The molecule has 1 N–H and O–H groups in total. The Balaban J connectivity index is 1.39. The van der Waals surface area contributed by atoms with Crippen LogP contribution in [0.25, 0.3) is 4.85 Å². The average Bonchev–Trinajstić information content (AvgIpc) is 2.81. The molecule has 2 saturated heterocycles. The van der Waals surface area contributed by atoms with Crippen LogP contribution in [0, 0.1) is 6.57 Å². The van der Waals surface area contributed by atoms with Crippen LogP contribution in [0.4, 0.5) is 27.8 Å². The number of piperidine rings is 1. The molecule has 0 radical (unpaired) electrons. The van der Waals surface area contributed by atoms with Crippen molar-refractivity contribution >= 4 is 40.6 Å². The first-order valence-corrected chi connectivity index (χ1v) is 11.4. The van der Waals surface area contributed by atoms with Gasteiger partial charge in [0.2, 0.25) is 11.6 Å². The summed E-state index contributed by atoms with van der Waals surface area (Å²) in [5, 5.41) is 3.39. The Morgan fingerprint density at radius 2 is 1.84 bits per heavy atom. The van der Waals surface area contributed by atoms with Crippen LogP contribution in [0.5, 0.6) is 0 Å². The van der Waals surface area contributed by atoms with Crippen LogP contribution < -0.4 is 15.1 Å². The number of hydrogen-bond donors (Lipinski definition) is 1. The number of halogens is 1. The lowest BCUT2D eigenvalue weighted by atomic mass is 10.1. The molecule has 1 aromatic carbocycles. The zero-order chi connectivity index (χ0) is 22.7. The zero-order valence-electron chi connectivity index (χ0n) is 18.5. The van der Waals surface area contributed by atoms with Gasteiger partial charge in [0.25, 0.3) is 0 Å². The van der Waals surface area contributed by atoms with Crippen molar-refractivity contribution in [3.63, 3.8) is 0 Å². The molecule has 0 aliphatic carbocycles. The second-order valence-electron chi connectivity index (χ2n) is 8.50. The maximum Gasteiger partial charge on any atom is 0.322 e. The highest BCUT2D eigenvalue weighted by atomic mass is 35.5. The van der Waals surface area contributed by atoms with Crippen molar-refractivity contribution in [2.45, 2.75) is 45.2 Å². The molecule has 0 unspecified atom stereocenters. The first kappa shape index (κ1) is 22.2. The summed E-state index contributed by atoms with van der Waals surface area (Å²) in [5.74, 6) is 0.723. The van der Waals surface area contributed by atoms with Gasteiger partial charge in [-0.25, -0.2) is 19.6 Å². The molecule has 3 heterocycles. The molecule has 0 spiro atoms. The van der Waals surface area contributed by atoms with Crippen molar-refractivity contribution in [3.8, 4) is 0 Å². The van der Waals surface area contributed by atoms with Gasteiger partial charge in [-0.3, -0.25) is 0 Å². The van der Waals surface area contributed by atoms with E-state index in [0.717, 1.165) is 24.7 Å². The van der Waals surface area contributed by atoms with E-state index in [1.165, 1.54) is 19.3 Å². The number of anilines is 3. The first-order chi connectivity index (χ1) is 15.5. The lowest BCUT2D eigenvalue weighted by Crippen LogP contribution is -2.59. The van der Waals surface area contributed by atoms with E-state index in [1.54, 1.807) is 18.5 Å². The maximum absolute atomic E-state index is 13.0. The number of benzene rings is 1. The van der Waals surface area contributed by atoms with E-state index in [4.69, 9.17) is 18.2 Å². The summed E-state index contributed by atoms with van der Waals surface area (Å²) in [7, 11) is 0. The molecule has 0 saturated carbocycles. The van der Waals surface area contributed by atoms with Gasteiger partial charge in [-0.05, 0) is 45.2 Å². The van der Waals surface area contributed by atoms with Crippen LogP contribution >= 0.6 is 11.6 Å². The fourth-order valence-electron chi connectivity index (χ4n) is 4.37. The van der Waals surface area contributed by atoms with Gasteiger partial charge in [-0.2, -0.15) is 0 Å². The highest BCUT2D eigenvalue weighted by Crippen LogP contribution is 2.32. The van der Waals surface area contributed by atoms with Gasteiger partial charge < -0.3 is 20.0 Å². The number of hydrogen-bond acceptors (Lipinski definition) is 5. The third-order valence-electron chi connectivity index (χ3n) is 6.16. The highest BCUT2D eigenvalue weighted by molar-refractivity contribution is 6.33. The van der Waals surface area contributed by atoms with Crippen molar-refractivity contribution in [1.29, 1.82) is 0 Å². The lowest BCUT2D eigenvalue weighted by molar-refractivity contribution is 0.173. The van der Waals surface area contributed by atoms with Crippen molar-refractivity contribution in [2.75, 3.05) is 41.3 Å². The van der Waals surface area contributed by atoms with Gasteiger partial charge in [0, 0.05) is 49.0 Å². The van der Waals surface area contributed by atoms with Crippen LogP contribution in [0.3, 0.4) is 0 Å². The van der Waals surface area contributed by atoms with E-state index >= 15 is 0 Å². The Morgan fingerprint density at radius 1 is 1.12 bits per heavy atom. The van der Waals surface area contributed by atoms with Gasteiger partial charge in [-0.1, -0.05) is 17.7 Å². The van der Waals surface area contributed by atoms with Crippen LogP contribution in [0.15, 0.2) is 30.6 Å². The van der Waals surface area contributed by atoms with E-state index in [9.17, 15) is 4.79 Å². The van der Waals surface area contributed by atoms with Crippen LogP contribution in [0.2, 0.25) is 5.02 Å². The van der Waals surface area contributed by atoms with Crippen molar-refractivity contribution in [3.05, 3.63) is 47.0 Å². The molecule has 168 valence electrons. The molecular weight excluding hydrogens is 426 g/mol. The van der Waals surface area contributed by atoms with E-state index in [-0.39, 0.29) is 18.1 Å². The molecule has 2 fully saturated rings. The van der Waals surface area contributed by atoms with Gasteiger partial charge in [-0.15, -0.1) is 0 Å². The monoisotopic (exact) mass is 453 g/mol. The summed E-state index contributed by atoms with van der Waals surface area (Å²) in [6.45, 7) is 14.5. The van der Waals surface area contributed by atoms with Crippen molar-refractivity contribution in [2.24, 2.45) is 0 Å². The maximum atomic E-state index is 13.0. The lowest BCUT2D eigenvalue weighted by Gasteiger charge is -2.45. The van der Waals surface area contributed by atoms with E-state index in [1.807, 2.05) is 24.0 Å². The van der Waals surface area contributed by atoms with Gasteiger partial charge in [0.05, 0.1) is 24.7 Å². The van der Waals surface area contributed by atoms with E-state index in [0.29, 0.717) is 29.5 Å². The largest absolute Gasteiger partial charge is 0.365 e. The number of carbonyl (C=O) groups is 1. The van der Waals surface area contributed by atoms with Gasteiger partial charge in [0.15, 0.2) is 0 Å². The summed E-state index contributed by atoms with van der Waals surface area (Å²) in [4.78, 5) is 31.5. The quantitative estimate of drug-likeness (QED) is 0.676. The topological polar surface area (TPSA) is 69.0 Å². The summed E-state index contributed by atoms with van der Waals surface area (Å²) in [6.07, 6.45) is 6.95. The predicted molar refractivity (Wildman–Crippen MR) is 128 cm³/mol. The van der Waals surface area contributed by atoms with E-state index in [2.05, 4.69) is 36.9 Å². The van der Waals surface area contributed by atoms with Gasteiger partial charge >= 0.3 is 6.03 Å². The fourth-order valence-corrected chi connectivity index (χ4v) is 4.59. The van der Waals surface area contributed by atoms with Crippen molar-refractivity contribution in [1.82, 2.24) is 14.9 Å². The summed E-state index contributed by atoms with van der Waals surface area (Å²) < 4.78 is 0. The first-order valence-electron chi connectivity index (χ1n) is 11.0. The summed E-state index contributed by atoms with van der Waals surface area (Å²) in [5.41, 5.74) is 2.01. The Kier molecular flexibility index (Phi) is 6.66. The number of urea groups is 1. The summed E-state index contributed by atoms with van der Waals surface area (Å²) >= 11 is 6.23. The molecule has 9 heteroatoms. The molecule has 32 heavy (non-hydrogen) atoms. The minimum atomic E-state index is -0.153. The molecule has 0 bridgehead atoms. The smallest absolute Gasteiger partial charge is 0.322 e. The Hall–Kier alpha value is -3.05. The predicted octanol–water partition coefficient (Wildman–Crippen LogP) is 4.80. The number of amides is 2. The number of rotatable bonds is 3. The third-order valence-corrected chi connectivity index (χ3v) is 6.46. The van der Waals surface area contributed by atoms with Crippen molar-refractivity contribution < 1.29 is 4.79 Å². The molecule has 2 atom stereocenters. The highest BCUT2D eigenvalue weighted by Gasteiger charge is 2.32. The number of nitrogens with one attached hydrogen (secondary N) is 1. The second kappa shape index (κ2) is 9.61. The molecule has 2 amide bonds. The minimum Gasteiger partial charge on any atom is -0.365 e. The number of nitrogens with zero attached hydrogens (tertiary/aromatic N) is 6. The fraction of sp³-hybridized carbons (Fsp3) is 0.478. The molecule has 4 rings (SSSR count). The molecule has 1 aromatic heterocycles. The normalized spacial score (nSPS) is 21.2. The average molecular weight is 454 g/mol. The minimum absolute atomic E-state index is 0.000874. The number of carbonyl (C=O) groups excluding carboxylic acids is 1. The van der Waals surface area contributed by atoms with E-state index < -0.39 is 0 Å². The SMILES string of the molecule is [C-]#[N+]c1ccc(N2C[C@@H](C)N(C(=O)Nc3cnc(N4CCCCC4)nc3)C[C@@H]2C)cc1Cl. The molecule has 2 aliphatic rings. The molecular formula is C23H28ClN7O. The molecule has 2 aromatic rings. The van der Waals surface area contributed by atoms with Crippen LogP contribution in [0.1, 0.15) is 33.1 Å². The second-order valence-corrected chi connectivity index (χ2v) is 8.91. The number of aromatic nitrogens is 2. The molecule has 2 aliphatic heterocycles. The Labute approximate surface area is 194 Å².